The fourth-order valence-electron chi connectivity index (χ4n) is 1.82. The van der Waals surface area contributed by atoms with Gasteiger partial charge in [0.2, 0.25) is 5.91 Å². The largest absolute Gasteiger partial charge is 0.481 e. The van der Waals surface area contributed by atoms with Crippen molar-refractivity contribution in [2.75, 3.05) is 13.7 Å². The molecular weight excluding hydrogens is 258 g/mol. The van der Waals surface area contributed by atoms with E-state index in [4.69, 9.17) is 9.84 Å². The fourth-order valence-corrected chi connectivity index (χ4v) is 1.82. The average Bonchev–Trinajstić information content (AvgIpc) is 2.38. The van der Waals surface area contributed by atoms with Crippen LogP contribution in [0.5, 0.6) is 0 Å². The Morgan fingerprint density at radius 1 is 1.30 bits per heavy atom. The monoisotopic (exact) mass is 279 g/mol. The van der Waals surface area contributed by atoms with Gasteiger partial charge >= 0.3 is 5.97 Å². The molecule has 1 aromatic rings. The molecule has 0 aliphatic rings. The smallest absolute Gasteiger partial charge is 0.306 e. The second-order valence-corrected chi connectivity index (χ2v) is 4.86. The summed E-state index contributed by atoms with van der Waals surface area (Å²) < 4.78 is 5.00. The predicted octanol–water partition coefficient (Wildman–Crippen LogP) is 1.45. The molecule has 0 spiro atoms. The molecule has 1 atom stereocenters. The molecular formula is C15H21NO4. The van der Waals surface area contributed by atoms with Crippen molar-refractivity contribution in [3.8, 4) is 0 Å². The number of hydrogen-bond donors (Lipinski definition) is 2. The first-order valence-corrected chi connectivity index (χ1v) is 6.49. The topological polar surface area (TPSA) is 75.6 Å². The van der Waals surface area contributed by atoms with E-state index in [0.717, 1.165) is 11.1 Å². The molecule has 0 aliphatic carbocycles. The molecule has 1 amide bonds. The number of carboxylic acid groups (broad SMARTS) is 1. The molecule has 0 saturated heterocycles. The van der Waals surface area contributed by atoms with Crippen LogP contribution < -0.4 is 5.32 Å². The minimum atomic E-state index is -0.944. The first kappa shape index (κ1) is 16.2. The Kier molecular flexibility index (Phi) is 6.18. The zero-order valence-corrected chi connectivity index (χ0v) is 12.1. The molecule has 0 bridgehead atoms. The van der Waals surface area contributed by atoms with Crippen LogP contribution in [0.2, 0.25) is 0 Å². The summed E-state index contributed by atoms with van der Waals surface area (Å²) in [6, 6.07) is 5.90. The lowest BCUT2D eigenvalue weighted by atomic mass is 10.0. The van der Waals surface area contributed by atoms with Gasteiger partial charge in [0.25, 0.3) is 0 Å². The minimum Gasteiger partial charge on any atom is -0.481 e. The molecule has 0 heterocycles. The molecule has 20 heavy (non-hydrogen) atoms. The molecule has 1 aromatic carbocycles. The standard InChI is InChI=1S/C15H21NO4/c1-10-4-5-12(6-11(10)2)7-14(17)16-9-13(20-3)8-15(18)19/h4-6,13H,7-9H2,1-3H3,(H,16,17)(H,18,19). The van der Waals surface area contributed by atoms with Crippen LogP contribution in [0.3, 0.4) is 0 Å². The van der Waals surface area contributed by atoms with Gasteiger partial charge in [0, 0.05) is 13.7 Å². The maximum Gasteiger partial charge on any atom is 0.306 e. The summed E-state index contributed by atoms with van der Waals surface area (Å²) in [6.07, 6.45) is -0.346. The lowest BCUT2D eigenvalue weighted by molar-refractivity contribution is -0.140. The first-order chi connectivity index (χ1) is 9.42. The summed E-state index contributed by atoms with van der Waals surface area (Å²) in [7, 11) is 1.43. The number of carbonyl (C=O) groups excluding carboxylic acids is 1. The number of nitrogens with one attached hydrogen (secondary N) is 1. The number of benzene rings is 1. The summed E-state index contributed by atoms with van der Waals surface area (Å²) in [6.45, 7) is 4.23. The summed E-state index contributed by atoms with van der Waals surface area (Å²) in [4.78, 5) is 22.4. The SMILES string of the molecule is COC(CNC(=O)Cc1ccc(C)c(C)c1)CC(=O)O. The maximum atomic E-state index is 11.8. The molecule has 1 unspecified atom stereocenters. The molecule has 5 heteroatoms. The number of ether oxygens (including phenoxy) is 1. The van der Waals surface area contributed by atoms with Gasteiger partial charge in [-0.05, 0) is 30.5 Å². The molecule has 1 rings (SSSR count). The summed E-state index contributed by atoms with van der Waals surface area (Å²) >= 11 is 0. The third kappa shape index (κ3) is 5.40. The number of methoxy groups -OCH3 is 1. The highest BCUT2D eigenvalue weighted by molar-refractivity contribution is 5.78. The van der Waals surface area contributed by atoms with Crippen molar-refractivity contribution < 1.29 is 19.4 Å². The summed E-state index contributed by atoms with van der Waals surface area (Å²) in [5.74, 6) is -1.08. The Hall–Kier alpha value is -1.88. The second-order valence-electron chi connectivity index (χ2n) is 4.86. The highest BCUT2D eigenvalue weighted by Crippen LogP contribution is 2.10. The predicted molar refractivity (Wildman–Crippen MR) is 75.7 cm³/mol. The number of carboxylic acids is 1. The zero-order valence-electron chi connectivity index (χ0n) is 12.1. The van der Waals surface area contributed by atoms with Crippen LogP contribution in [0.15, 0.2) is 18.2 Å². The second kappa shape index (κ2) is 7.65. The summed E-state index contributed by atoms with van der Waals surface area (Å²) in [5.41, 5.74) is 3.28. The van der Waals surface area contributed by atoms with E-state index in [1.54, 1.807) is 0 Å². The molecule has 2 N–H and O–H groups in total. The Bertz CT molecular complexity index is 485. The Morgan fingerprint density at radius 2 is 2.00 bits per heavy atom. The van der Waals surface area contributed by atoms with Crippen molar-refractivity contribution in [1.82, 2.24) is 5.32 Å². The quantitative estimate of drug-likeness (QED) is 0.792. The number of aliphatic carboxylic acids is 1. The number of hydrogen-bond acceptors (Lipinski definition) is 3. The molecule has 0 saturated carbocycles. The van der Waals surface area contributed by atoms with E-state index in [1.807, 2.05) is 32.0 Å². The van der Waals surface area contributed by atoms with Crippen molar-refractivity contribution >= 4 is 11.9 Å². The maximum absolute atomic E-state index is 11.8. The van der Waals surface area contributed by atoms with Crippen molar-refractivity contribution in [2.45, 2.75) is 32.8 Å². The van der Waals surface area contributed by atoms with E-state index in [9.17, 15) is 9.59 Å². The molecule has 0 radical (unpaired) electrons. The van der Waals surface area contributed by atoms with Crippen molar-refractivity contribution in [1.29, 1.82) is 0 Å². The van der Waals surface area contributed by atoms with Crippen LogP contribution in [0.1, 0.15) is 23.1 Å². The van der Waals surface area contributed by atoms with E-state index in [2.05, 4.69) is 5.32 Å². The summed E-state index contributed by atoms with van der Waals surface area (Å²) in [5, 5.41) is 11.4. The van der Waals surface area contributed by atoms with Crippen LogP contribution in [0.25, 0.3) is 0 Å². The van der Waals surface area contributed by atoms with Gasteiger partial charge in [-0.15, -0.1) is 0 Å². The number of rotatable bonds is 7. The average molecular weight is 279 g/mol. The van der Waals surface area contributed by atoms with Crippen LogP contribution in [0.4, 0.5) is 0 Å². The highest BCUT2D eigenvalue weighted by atomic mass is 16.5. The number of amides is 1. The van der Waals surface area contributed by atoms with Gasteiger partial charge in [0.05, 0.1) is 18.9 Å². The van der Waals surface area contributed by atoms with E-state index < -0.39 is 12.1 Å². The number of aryl methyl sites for hydroxylation is 2. The normalized spacial score (nSPS) is 11.9. The van der Waals surface area contributed by atoms with Crippen LogP contribution in [-0.2, 0) is 20.7 Å². The Labute approximate surface area is 118 Å². The lowest BCUT2D eigenvalue weighted by Crippen LogP contribution is -2.35. The van der Waals surface area contributed by atoms with Crippen molar-refractivity contribution in [3.63, 3.8) is 0 Å². The van der Waals surface area contributed by atoms with Crippen molar-refractivity contribution in [3.05, 3.63) is 34.9 Å². The Morgan fingerprint density at radius 3 is 2.55 bits per heavy atom. The van der Waals surface area contributed by atoms with Gasteiger partial charge in [0.15, 0.2) is 0 Å². The van der Waals surface area contributed by atoms with Crippen LogP contribution >= 0.6 is 0 Å². The van der Waals surface area contributed by atoms with Gasteiger partial charge in [0.1, 0.15) is 0 Å². The zero-order chi connectivity index (χ0) is 15.1. The molecule has 0 aromatic heterocycles. The first-order valence-electron chi connectivity index (χ1n) is 6.49. The van der Waals surface area contributed by atoms with Crippen LogP contribution in [0, 0.1) is 13.8 Å². The molecule has 0 fully saturated rings. The van der Waals surface area contributed by atoms with E-state index in [0.29, 0.717) is 0 Å². The molecule has 5 nitrogen and oxygen atoms in total. The minimum absolute atomic E-state index is 0.125. The third-order valence-corrected chi connectivity index (χ3v) is 3.20. The number of carbonyl (C=O) groups is 2. The van der Waals surface area contributed by atoms with Gasteiger partial charge < -0.3 is 15.2 Å². The molecule has 0 aliphatic heterocycles. The lowest BCUT2D eigenvalue weighted by Gasteiger charge is -2.14. The van der Waals surface area contributed by atoms with Gasteiger partial charge in [-0.1, -0.05) is 18.2 Å². The van der Waals surface area contributed by atoms with E-state index in [-0.39, 0.29) is 25.3 Å². The fraction of sp³-hybridized carbons (Fsp3) is 0.467. The van der Waals surface area contributed by atoms with Gasteiger partial charge in [-0.25, -0.2) is 0 Å². The molecule has 110 valence electrons. The van der Waals surface area contributed by atoms with E-state index in [1.165, 1.54) is 12.7 Å². The van der Waals surface area contributed by atoms with Crippen LogP contribution in [-0.4, -0.2) is 36.7 Å². The van der Waals surface area contributed by atoms with Crippen molar-refractivity contribution in [2.24, 2.45) is 0 Å². The van der Waals surface area contributed by atoms with E-state index >= 15 is 0 Å². The third-order valence-electron chi connectivity index (χ3n) is 3.20. The Balaban J connectivity index is 2.46. The van der Waals surface area contributed by atoms with Gasteiger partial charge in [-0.2, -0.15) is 0 Å². The highest BCUT2D eigenvalue weighted by Gasteiger charge is 2.13. The van der Waals surface area contributed by atoms with Gasteiger partial charge in [-0.3, -0.25) is 9.59 Å².